The largest absolute Gasteiger partial charge is 0.497 e. The summed E-state index contributed by atoms with van der Waals surface area (Å²) in [4.78, 5) is 21.1. The van der Waals surface area contributed by atoms with E-state index in [1.165, 1.54) is 25.3 Å². The molecule has 0 aliphatic rings. The zero-order valence-electron chi connectivity index (χ0n) is 6.98. The van der Waals surface area contributed by atoms with Gasteiger partial charge in [0.15, 0.2) is 6.29 Å². The van der Waals surface area contributed by atoms with Gasteiger partial charge < -0.3 is 4.74 Å². The van der Waals surface area contributed by atoms with Crippen molar-refractivity contribution in [2.24, 2.45) is 0 Å². The highest BCUT2D eigenvalue weighted by Gasteiger charge is 2.10. The summed E-state index contributed by atoms with van der Waals surface area (Å²) in [6.07, 6.45) is 0.503. The van der Waals surface area contributed by atoms with Gasteiger partial charge in [0.25, 0.3) is 5.91 Å². The number of nitrogens with zero attached hydrogens (tertiary/aromatic N) is 1. The third-order valence-corrected chi connectivity index (χ3v) is 1.62. The zero-order chi connectivity index (χ0) is 9.84. The molecule has 0 fully saturated rings. The van der Waals surface area contributed by atoms with Crippen molar-refractivity contribution in [3.63, 3.8) is 0 Å². The topological polar surface area (TPSA) is 65.7 Å². The summed E-state index contributed by atoms with van der Waals surface area (Å²) in [7, 11) is 1.43. The molecule has 0 spiro atoms. The van der Waals surface area contributed by atoms with E-state index in [9.17, 15) is 9.59 Å². The first kappa shape index (κ1) is 9.25. The van der Waals surface area contributed by atoms with E-state index in [1.54, 1.807) is 0 Å². The first-order valence-corrected chi connectivity index (χ1v) is 3.55. The van der Waals surface area contributed by atoms with E-state index < -0.39 is 5.91 Å². The maximum Gasteiger partial charge on any atom is 0.296 e. The predicted molar refractivity (Wildman–Crippen MR) is 44.8 cm³/mol. The number of amides is 1. The number of rotatable bonds is 3. The molecule has 0 unspecified atom stereocenters. The highest BCUT2D eigenvalue weighted by atomic mass is 16.5. The fourth-order valence-electron chi connectivity index (χ4n) is 0.950. The van der Waals surface area contributed by atoms with Gasteiger partial charge in [0, 0.05) is 5.56 Å². The molecule has 1 rings (SSSR count). The Labute approximate surface area is 75.3 Å². The molecule has 0 aliphatic heterocycles. The number of carbonyl (C=O) groups excluding carboxylic acids is 2. The quantitative estimate of drug-likeness (QED) is 0.639. The molecular weight excluding hydrogens is 170 g/mol. The number of benzene rings is 1. The Kier molecular flexibility index (Phi) is 2.64. The van der Waals surface area contributed by atoms with Gasteiger partial charge in [-0.3, -0.25) is 9.59 Å². The monoisotopic (exact) mass is 177 g/mol. The van der Waals surface area contributed by atoms with Gasteiger partial charge >= 0.3 is 0 Å². The summed E-state index contributed by atoms with van der Waals surface area (Å²) >= 11 is 0. The van der Waals surface area contributed by atoms with Crippen molar-refractivity contribution < 1.29 is 14.3 Å². The third kappa shape index (κ3) is 1.84. The first-order valence-electron chi connectivity index (χ1n) is 3.55. The van der Waals surface area contributed by atoms with Crippen molar-refractivity contribution in [1.82, 2.24) is 5.73 Å². The van der Waals surface area contributed by atoms with Crippen LogP contribution >= 0.6 is 0 Å². The molecule has 0 bridgehead atoms. The molecule has 0 N–H and O–H groups in total. The van der Waals surface area contributed by atoms with Crippen molar-refractivity contribution in [3.8, 4) is 5.75 Å². The smallest absolute Gasteiger partial charge is 0.296 e. The second kappa shape index (κ2) is 3.71. The SMILES string of the molecule is COc1ccc(C=O)c(C([N])=O)c1. The lowest BCUT2D eigenvalue weighted by atomic mass is 10.1. The van der Waals surface area contributed by atoms with Crippen molar-refractivity contribution in [2.45, 2.75) is 0 Å². The van der Waals surface area contributed by atoms with E-state index in [1.807, 2.05) is 0 Å². The molecule has 4 heteroatoms. The van der Waals surface area contributed by atoms with Crippen LogP contribution in [0.25, 0.3) is 0 Å². The summed E-state index contributed by atoms with van der Waals surface area (Å²) in [6, 6.07) is 4.26. The molecule has 0 aromatic heterocycles. The van der Waals surface area contributed by atoms with Gasteiger partial charge in [0.05, 0.1) is 12.7 Å². The molecule has 1 aromatic carbocycles. The number of aldehydes is 1. The van der Waals surface area contributed by atoms with Gasteiger partial charge in [-0.25, -0.2) is 0 Å². The van der Waals surface area contributed by atoms with Crippen LogP contribution in [0.4, 0.5) is 0 Å². The number of hydrogen-bond donors (Lipinski definition) is 0. The summed E-state index contributed by atoms with van der Waals surface area (Å²) in [6.45, 7) is 0. The van der Waals surface area contributed by atoms with Gasteiger partial charge in [0.2, 0.25) is 0 Å². The van der Waals surface area contributed by atoms with E-state index in [0.717, 1.165) is 0 Å². The molecule has 0 aliphatic carbocycles. The lowest BCUT2D eigenvalue weighted by Crippen LogP contribution is -2.03. The van der Waals surface area contributed by atoms with Gasteiger partial charge in [-0.05, 0) is 18.2 Å². The Morgan fingerprint density at radius 2 is 2.23 bits per heavy atom. The molecule has 13 heavy (non-hydrogen) atoms. The average Bonchev–Trinajstić information content (AvgIpc) is 2.16. The number of methoxy groups -OCH3 is 1. The minimum Gasteiger partial charge on any atom is -0.497 e. The molecule has 0 saturated heterocycles. The normalized spacial score (nSPS) is 9.31. The molecular formula is C9H7NO3. The minimum atomic E-state index is -1.14. The molecule has 2 radical (unpaired) electrons. The van der Waals surface area contributed by atoms with Crippen molar-refractivity contribution >= 4 is 12.2 Å². The molecule has 1 amide bonds. The van der Waals surface area contributed by atoms with Crippen LogP contribution in [0.3, 0.4) is 0 Å². The summed E-state index contributed by atoms with van der Waals surface area (Å²) in [5.41, 5.74) is 8.80. The lowest BCUT2D eigenvalue weighted by molar-refractivity contribution is 0.0985. The predicted octanol–water partition coefficient (Wildman–Crippen LogP) is 0.717. The van der Waals surface area contributed by atoms with Crippen LogP contribution in [0.15, 0.2) is 18.2 Å². The fourth-order valence-corrected chi connectivity index (χ4v) is 0.950. The Bertz CT molecular complexity index is 347. The minimum absolute atomic E-state index is 0.0469. The van der Waals surface area contributed by atoms with Gasteiger partial charge in [0.1, 0.15) is 5.75 Å². The molecule has 0 heterocycles. The molecule has 4 nitrogen and oxygen atoms in total. The van der Waals surface area contributed by atoms with E-state index >= 15 is 0 Å². The number of carbonyl (C=O) groups is 2. The van der Waals surface area contributed by atoms with Crippen molar-refractivity contribution in [2.75, 3.05) is 7.11 Å². The van der Waals surface area contributed by atoms with Crippen LogP contribution in [0, 0.1) is 0 Å². The van der Waals surface area contributed by atoms with E-state index in [4.69, 9.17) is 10.5 Å². The highest BCUT2D eigenvalue weighted by molar-refractivity contribution is 6.00. The maximum absolute atomic E-state index is 10.6. The van der Waals surface area contributed by atoms with Crippen molar-refractivity contribution in [1.29, 1.82) is 0 Å². The third-order valence-electron chi connectivity index (χ3n) is 1.62. The van der Waals surface area contributed by atoms with Crippen LogP contribution in [0.2, 0.25) is 0 Å². The van der Waals surface area contributed by atoms with Crippen LogP contribution in [-0.4, -0.2) is 19.3 Å². The fraction of sp³-hybridized carbons (Fsp3) is 0.111. The summed E-state index contributed by atoms with van der Waals surface area (Å²) in [5.74, 6) is -0.719. The number of ether oxygens (including phenoxy) is 1. The second-order valence-corrected chi connectivity index (χ2v) is 2.38. The highest BCUT2D eigenvalue weighted by Crippen LogP contribution is 2.16. The molecule has 0 atom stereocenters. The van der Waals surface area contributed by atoms with Crippen LogP contribution in [-0.2, 0) is 0 Å². The Balaban J connectivity index is 3.25. The van der Waals surface area contributed by atoms with Gasteiger partial charge in [-0.1, -0.05) is 0 Å². The first-order chi connectivity index (χ1) is 6.19. The van der Waals surface area contributed by atoms with Crippen LogP contribution in [0.5, 0.6) is 5.75 Å². The van der Waals surface area contributed by atoms with Crippen LogP contribution < -0.4 is 10.5 Å². The van der Waals surface area contributed by atoms with E-state index in [2.05, 4.69) is 0 Å². The van der Waals surface area contributed by atoms with E-state index in [0.29, 0.717) is 12.0 Å². The summed E-state index contributed by atoms with van der Waals surface area (Å²) in [5, 5.41) is 0. The van der Waals surface area contributed by atoms with Gasteiger partial charge in [-0.15, -0.1) is 5.73 Å². The standard InChI is InChI=1S/C9H7NO3/c1-13-7-3-2-6(5-11)8(4-7)9(10)12/h2-5H,1H3. The lowest BCUT2D eigenvalue weighted by Gasteiger charge is -2.02. The Morgan fingerprint density at radius 1 is 1.54 bits per heavy atom. The van der Waals surface area contributed by atoms with Crippen molar-refractivity contribution in [3.05, 3.63) is 29.3 Å². The molecule has 0 saturated carbocycles. The van der Waals surface area contributed by atoms with E-state index in [-0.39, 0.29) is 11.1 Å². The second-order valence-electron chi connectivity index (χ2n) is 2.38. The Morgan fingerprint density at radius 3 is 2.69 bits per heavy atom. The molecule has 66 valence electrons. The maximum atomic E-state index is 10.6. The van der Waals surface area contributed by atoms with Crippen LogP contribution in [0.1, 0.15) is 20.7 Å². The zero-order valence-corrected chi connectivity index (χ0v) is 6.98. The number of hydrogen-bond acceptors (Lipinski definition) is 3. The van der Waals surface area contributed by atoms with Gasteiger partial charge in [-0.2, -0.15) is 0 Å². The Hall–Kier alpha value is -1.84. The summed E-state index contributed by atoms with van der Waals surface area (Å²) < 4.78 is 4.83. The molecule has 1 aromatic rings. The average molecular weight is 177 g/mol.